The van der Waals surface area contributed by atoms with Crippen LogP contribution in [0.25, 0.3) is 10.2 Å². The first-order valence-corrected chi connectivity index (χ1v) is 9.78. The van der Waals surface area contributed by atoms with E-state index in [1.165, 1.54) is 24.1 Å². The first-order valence-electron chi connectivity index (χ1n) is 8.96. The predicted octanol–water partition coefficient (Wildman–Crippen LogP) is 3.31. The van der Waals surface area contributed by atoms with Crippen molar-refractivity contribution in [1.29, 1.82) is 0 Å². The summed E-state index contributed by atoms with van der Waals surface area (Å²) in [6, 6.07) is 0. The molecule has 1 saturated carbocycles. The fourth-order valence-electron chi connectivity index (χ4n) is 3.41. The Kier molecular flexibility index (Phi) is 5.86. The lowest BCUT2D eigenvalue weighted by molar-refractivity contribution is 0.0216. The molecule has 0 saturated heterocycles. The number of hydrogen-bond acceptors (Lipinski definition) is 7. The summed E-state index contributed by atoms with van der Waals surface area (Å²) in [6.45, 7) is 5.22. The molecule has 1 aliphatic carbocycles. The molecule has 1 aliphatic rings. The number of aliphatic hydroxyl groups excluding tert-OH is 1. The maximum atomic E-state index is 12.7. The Hall–Kier alpha value is -1.73. The van der Waals surface area contributed by atoms with Gasteiger partial charge in [-0.2, -0.15) is 0 Å². The van der Waals surface area contributed by atoms with Crippen molar-refractivity contribution in [2.24, 2.45) is 0 Å². The Balaban J connectivity index is 1.92. The lowest BCUT2D eigenvalue weighted by Gasteiger charge is -2.22. The molecule has 0 atom stereocenters. The second-order valence-electron chi connectivity index (χ2n) is 6.40. The quantitative estimate of drug-likeness (QED) is 0.794. The van der Waals surface area contributed by atoms with E-state index < -0.39 is 0 Å². The SMILES string of the molecule is CCN(CCO)c1ncnc2sc(C(=O)OC3CCCCC3)c(C)c12. The van der Waals surface area contributed by atoms with Gasteiger partial charge in [0.05, 0.1) is 12.0 Å². The summed E-state index contributed by atoms with van der Waals surface area (Å²) in [4.78, 5) is 24.8. The summed E-state index contributed by atoms with van der Waals surface area (Å²) in [7, 11) is 0. The largest absolute Gasteiger partial charge is 0.458 e. The number of aliphatic hydroxyl groups is 1. The molecule has 3 rings (SSSR count). The molecule has 1 N–H and O–H groups in total. The zero-order chi connectivity index (χ0) is 17.8. The van der Waals surface area contributed by atoms with E-state index >= 15 is 0 Å². The number of likely N-dealkylation sites (N-methyl/N-ethyl adjacent to an activating group) is 1. The van der Waals surface area contributed by atoms with E-state index in [2.05, 4.69) is 9.97 Å². The number of anilines is 1. The second-order valence-corrected chi connectivity index (χ2v) is 7.40. The minimum Gasteiger partial charge on any atom is -0.458 e. The number of aryl methyl sites for hydroxylation is 1. The molecule has 0 amide bonds. The van der Waals surface area contributed by atoms with Gasteiger partial charge in [-0.1, -0.05) is 6.42 Å². The van der Waals surface area contributed by atoms with Crippen LogP contribution in [0, 0.1) is 6.92 Å². The Bertz CT molecular complexity index is 740. The summed E-state index contributed by atoms with van der Waals surface area (Å²) in [6.07, 6.45) is 6.97. The van der Waals surface area contributed by atoms with E-state index in [1.54, 1.807) is 0 Å². The molecule has 1 fully saturated rings. The van der Waals surface area contributed by atoms with Crippen LogP contribution < -0.4 is 4.90 Å². The fourth-order valence-corrected chi connectivity index (χ4v) is 4.44. The predicted molar refractivity (Wildman–Crippen MR) is 99.4 cm³/mol. The van der Waals surface area contributed by atoms with Gasteiger partial charge in [-0.3, -0.25) is 0 Å². The topological polar surface area (TPSA) is 75.5 Å². The maximum absolute atomic E-state index is 12.7. The number of nitrogens with zero attached hydrogens (tertiary/aromatic N) is 3. The van der Waals surface area contributed by atoms with Crippen LogP contribution in [-0.4, -0.2) is 46.8 Å². The average molecular weight is 363 g/mol. The van der Waals surface area contributed by atoms with Crippen LogP contribution in [0.15, 0.2) is 6.33 Å². The van der Waals surface area contributed by atoms with Crippen molar-refractivity contribution in [3.63, 3.8) is 0 Å². The number of esters is 1. The molecule has 6 nitrogen and oxygen atoms in total. The molecule has 2 aromatic heterocycles. The maximum Gasteiger partial charge on any atom is 0.348 e. The molecule has 2 aromatic rings. The first-order chi connectivity index (χ1) is 12.2. The third kappa shape index (κ3) is 3.77. The number of thiophene rings is 1. The van der Waals surface area contributed by atoms with E-state index in [0.717, 1.165) is 53.8 Å². The zero-order valence-electron chi connectivity index (χ0n) is 14.8. The highest BCUT2D eigenvalue weighted by molar-refractivity contribution is 7.20. The standard InChI is InChI=1S/C18H25N3O3S/c1-3-21(9-10-22)16-14-12(2)15(25-17(14)20-11-19-16)18(23)24-13-7-5-4-6-8-13/h11,13,22H,3-10H2,1-2H3. The Morgan fingerprint density at radius 1 is 1.36 bits per heavy atom. The van der Waals surface area contributed by atoms with Crippen LogP contribution in [0.2, 0.25) is 0 Å². The van der Waals surface area contributed by atoms with Crippen molar-refractivity contribution in [3.8, 4) is 0 Å². The number of hydrogen-bond donors (Lipinski definition) is 1. The van der Waals surface area contributed by atoms with Crippen molar-refractivity contribution in [1.82, 2.24) is 9.97 Å². The van der Waals surface area contributed by atoms with Gasteiger partial charge in [0, 0.05) is 13.1 Å². The fraction of sp³-hybridized carbons (Fsp3) is 0.611. The van der Waals surface area contributed by atoms with E-state index in [4.69, 9.17) is 4.74 Å². The minimum atomic E-state index is -0.247. The number of carbonyl (C=O) groups is 1. The van der Waals surface area contributed by atoms with Crippen LogP contribution in [-0.2, 0) is 4.74 Å². The van der Waals surface area contributed by atoms with Gasteiger partial charge in [-0.05, 0) is 45.1 Å². The third-order valence-electron chi connectivity index (χ3n) is 4.77. The van der Waals surface area contributed by atoms with Crippen molar-refractivity contribution < 1.29 is 14.6 Å². The summed E-state index contributed by atoms with van der Waals surface area (Å²) < 4.78 is 5.73. The molecular weight excluding hydrogens is 338 g/mol. The average Bonchev–Trinajstić information content (AvgIpc) is 2.98. The molecule has 0 aromatic carbocycles. The van der Waals surface area contributed by atoms with Gasteiger partial charge < -0.3 is 14.7 Å². The van der Waals surface area contributed by atoms with Crippen LogP contribution in [0.5, 0.6) is 0 Å². The van der Waals surface area contributed by atoms with Gasteiger partial charge >= 0.3 is 5.97 Å². The van der Waals surface area contributed by atoms with Crippen molar-refractivity contribution >= 4 is 33.3 Å². The lowest BCUT2D eigenvalue weighted by Crippen LogP contribution is -2.27. The van der Waals surface area contributed by atoms with Crippen molar-refractivity contribution in [3.05, 3.63) is 16.8 Å². The molecule has 2 heterocycles. The number of aromatic nitrogens is 2. The molecule has 0 unspecified atom stereocenters. The summed E-state index contributed by atoms with van der Waals surface area (Å²) in [5.41, 5.74) is 0.868. The number of carbonyl (C=O) groups excluding carboxylic acids is 1. The second kappa shape index (κ2) is 8.10. The first kappa shape index (κ1) is 18.1. The van der Waals surface area contributed by atoms with Crippen molar-refractivity contribution in [2.45, 2.75) is 52.1 Å². The number of fused-ring (bicyclic) bond motifs is 1. The van der Waals surface area contributed by atoms with E-state index in [9.17, 15) is 9.90 Å². The van der Waals surface area contributed by atoms with Crippen LogP contribution in [0.3, 0.4) is 0 Å². The number of rotatable bonds is 6. The normalized spacial score (nSPS) is 15.5. The van der Waals surface area contributed by atoms with Gasteiger partial charge in [0.2, 0.25) is 0 Å². The molecule has 136 valence electrons. The minimum absolute atomic E-state index is 0.0398. The molecule has 0 aliphatic heterocycles. The number of ether oxygens (including phenoxy) is 1. The Labute approximate surface area is 151 Å². The monoisotopic (exact) mass is 363 g/mol. The molecule has 0 bridgehead atoms. The highest BCUT2D eigenvalue weighted by Gasteiger charge is 2.25. The van der Waals surface area contributed by atoms with Crippen LogP contribution in [0.4, 0.5) is 5.82 Å². The zero-order valence-corrected chi connectivity index (χ0v) is 15.6. The molecule has 0 spiro atoms. The highest BCUT2D eigenvalue weighted by atomic mass is 32.1. The molecular formula is C18H25N3O3S. The summed E-state index contributed by atoms with van der Waals surface area (Å²) >= 11 is 1.37. The summed E-state index contributed by atoms with van der Waals surface area (Å²) in [5, 5.41) is 10.2. The van der Waals surface area contributed by atoms with Crippen LogP contribution in [0.1, 0.15) is 54.3 Å². The van der Waals surface area contributed by atoms with Gasteiger partial charge in [0.15, 0.2) is 0 Å². The van der Waals surface area contributed by atoms with E-state index in [0.29, 0.717) is 11.4 Å². The van der Waals surface area contributed by atoms with Crippen LogP contribution >= 0.6 is 11.3 Å². The Morgan fingerprint density at radius 2 is 2.12 bits per heavy atom. The van der Waals surface area contributed by atoms with Gasteiger partial charge in [0.25, 0.3) is 0 Å². The highest BCUT2D eigenvalue weighted by Crippen LogP contribution is 2.35. The van der Waals surface area contributed by atoms with Crippen molar-refractivity contribution in [2.75, 3.05) is 24.6 Å². The van der Waals surface area contributed by atoms with Gasteiger partial charge in [-0.15, -0.1) is 11.3 Å². The molecule has 0 radical (unpaired) electrons. The Morgan fingerprint density at radius 3 is 2.80 bits per heavy atom. The van der Waals surface area contributed by atoms with E-state index in [1.807, 2.05) is 18.7 Å². The van der Waals surface area contributed by atoms with E-state index in [-0.39, 0.29) is 18.7 Å². The van der Waals surface area contributed by atoms with Gasteiger partial charge in [0.1, 0.15) is 28.0 Å². The molecule has 25 heavy (non-hydrogen) atoms. The van der Waals surface area contributed by atoms with Gasteiger partial charge in [-0.25, -0.2) is 14.8 Å². The smallest absolute Gasteiger partial charge is 0.348 e. The summed E-state index contributed by atoms with van der Waals surface area (Å²) in [5.74, 6) is 0.524. The lowest BCUT2D eigenvalue weighted by atomic mass is 9.98. The third-order valence-corrected chi connectivity index (χ3v) is 5.95. The molecule has 7 heteroatoms.